The molecule has 0 saturated heterocycles. The molecule has 0 radical (unpaired) electrons. The Bertz CT molecular complexity index is 868. The van der Waals surface area contributed by atoms with Crippen LogP contribution in [0.25, 0.3) is 0 Å². The lowest BCUT2D eigenvalue weighted by Crippen LogP contribution is -2.15. The van der Waals surface area contributed by atoms with Crippen LogP contribution in [-0.4, -0.2) is 21.8 Å². The summed E-state index contributed by atoms with van der Waals surface area (Å²) in [6, 6.07) is 6.62. The highest BCUT2D eigenvalue weighted by Gasteiger charge is 2.17. The zero-order valence-corrected chi connectivity index (χ0v) is 13.6. The first-order valence-electron chi connectivity index (χ1n) is 5.45. The van der Waals surface area contributed by atoms with Crippen molar-refractivity contribution in [2.75, 3.05) is 4.72 Å². The summed E-state index contributed by atoms with van der Waals surface area (Å²) < 4.78 is 49.3. The molecular weight excluding hydrogens is 382 g/mol. The van der Waals surface area contributed by atoms with Gasteiger partial charge in [0.1, 0.15) is 4.90 Å². The number of hydrogen-bond donors (Lipinski definition) is 2. The van der Waals surface area contributed by atoms with Crippen molar-refractivity contribution in [3.63, 3.8) is 0 Å². The molecule has 21 heavy (non-hydrogen) atoms. The zero-order valence-electron chi connectivity index (χ0n) is 10.4. The number of aromatic nitrogens is 1. The van der Waals surface area contributed by atoms with Crippen molar-refractivity contribution >= 4 is 41.7 Å². The van der Waals surface area contributed by atoms with Crippen molar-refractivity contribution in [3.8, 4) is 0 Å². The second kappa shape index (κ2) is 5.72. The van der Waals surface area contributed by atoms with E-state index in [1.165, 1.54) is 42.7 Å². The summed E-state index contributed by atoms with van der Waals surface area (Å²) in [6.07, 6.45) is 2.66. The predicted octanol–water partition coefficient (Wildman–Crippen LogP) is 1.29. The van der Waals surface area contributed by atoms with Gasteiger partial charge in [-0.25, -0.2) is 22.0 Å². The van der Waals surface area contributed by atoms with E-state index in [0.717, 1.165) is 0 Å². The van der Waals surface area contributed by atoms with E-state index < -0.39 is 20.0 Å². The molecule has 3 N–H and O–H groups in total. The monoisotopic (exact) mass is 391 g/mol. The number of anilines is 1. The van der Waals surface area contributed by atoms with Crippen molar-refractivity contribution in [1.29, 1.82) is 0 Å². The molecule has 0 aliphatic heterocycles. The minimum absolute atomic E-state index is 0.00702. The van der Waals surface area contributed by atoms with Gasteiger partial charge < -0.3 is 0 Å². The van der Waals surface area contributed by atoms with E-state index in [4.69, 9.17) is 5.14 Å². The largest absolute Gasteiger partial charge is 0.278 e. The third-order valence-corrected chi connectivity index (χ3v) is 5.38. The molecule has 1 aromatic carbocycles. The molecule has 0 bridgehead atoms. The average molecular weight is 392 g/mol. The molecule has 0 aliphatic rings. The lowest BCUT2D eigenvalue weighted by Gasteiger charge is -2.10. The highest BCUT2D eigenvalue weighted by atomic mass is 79.9. The van der Waals surface area contributed by atoms with E-state index >= 15 is 0 Å². The summed E-state index contributed by atoms with van der Waals surface area (Å²) in [5.41, 5.74) is 0.186. The minimum atomic E-state index is -3.86. The second-order valence-corrected chi connectivity index (χ2v) is 8.08. The second-order valence-electron chi connectivity index (χ2n) is 3.98. The minimum Gasteiger partial charge on any atom is -0.278 e. The first-order valence-corrected chi connectivity index (χ1v) is 9.27. The molecule has 0 amide bonds. The highest BCUT2D eigenvalue weighted by Crippen LogP contribution is 2.27. The van der Waals surface area contributed by atoms with E-state index in [1.807, 2.05) is 0 Å². The molecule has 1 aromatic heterocycles. The number of benzene rings is 1. The fourth-order valence-corrected chi connectivity index (χ4v) is 3.81. The van der Waals surface area contributed by atoms with Gasteiger partial charge in [-0.1, -0.05) is 0 Å². The number of nitrogens with one attached hydrogen (secondary N) is 1. The van der Waals surface area contributed by atoms with Gasteiger partial charge in [0.05, 0.1) is 10.6 Å². The lowest BCUT2D eigenvalue weighted by molar-refractivity contribution is 0.597. The molecule has 0 unspecified atom stereocenters. The maximum Gasteiger partial charge on any atom is 0.263 e. The Kier molecular flexibility index (Phi) is 4.33. The van der Waals surface area contributed by atoms with Crippen molar-refractivity contribution in [2.24, 2.45) is 5.14 Å². The molecule has 0 spiro atoms. The van der Waals surface area contributed by atoms with E-state index in [9.17, 15) is 16.8 Å². The standard InChI is InChI=1S/C11H10BrN3O4S2/c12-10-6-8(20(13,16)17)3-4-11(10)15-21(18,19)9-2-1-5-14-7-9/h1-7,15H,(H2,13,16,17). The Hall–Kier alpha value is -1.49. The number of sulfonamides is 2. The first-order chi connectivity index (χ1) is 9.70. The van der Waals surface area contributed by atoms with Gasteiger partial charge in [-0.2, -0.15) is 0 Å². The highest BCUT2D eigenvalue weighted by molar-refractivity contribution is 9.10. The van der Waals surface area contributed by atoms with Crippen molar-refractivity contribution < 1.29 is 16.8 Å². The Morgan fingerprint density at radius 3 is 2.33 bits per heavy atom. The molecule has 0 saturated carbocycles. The predicted molar refractivity (Wildman–Crippen MR) is 80.6 cm³/mol. The normalized spacial score (nSPS) is 12.1. The zero-order chi connectivity index (χ0) is 15.7. The van der Waals surface area contributed by atoms with Gasteiger partial charge in [0.15, 0.2) is 0 Å². The van der Waals surface area contributed by atoms with Crippen LogP contribution in [0.1, 0.15) is 0 Å². The molecule has 7 nitrogen and oxygen atoms in total. The van der Waals surface area contributed by atoms with Gasteiger partial charge in [-0.15, -0.1) is 0 Å². The van der Waals surface area contributed by atoms with Crippen LogP contribution in [0.4, 0.5) is 5.69 Å². The third-order valence-electron chi connectivity index (χ3n) is 2.46. The molecule has 1 heterocycles. The van der Waals surface area contributed by atoms with E-state index in [1.54, 1.807) is 0 Å². The molecule has 0 fully saturated rings. The number of pyridine rings is 1. The Balaban J connectivity index is 2.37. The van der Waals surface area contributed by atoms with E-state index in [0.29, 0.717) is 0 Å². The van der Waals surface area contributed by atoms with Gasteiger partial charge >= 0.3 is 0 Å². The topological polar surface area (TPSA) is 119 Å². The number of halogens is 1. The van der Waals surface area contributed by atoms with Crippen LogP contribution in [0.3, 0.4) is 0 Å². The van der Waals surface area contributed by atoms with E-state index in [2.05, 4.69) is 25.6 Å². The molecule has 10 heteroatoms. The summed E-state index contributed by atoms with van der Waals surface area (Å²) in [4.78, 5) is 3.60. The summed E-state index contributed by atoms with van der Waals surface area (Å²) in [7, 11) is -7.66. The van der Waals surface area contributed by atoms with Crippen LogP contribution < -0.4 is 9.86 Å². The SMILES string of the molecule is NS(=O)(=O)c1ccc(NS(=O)(=O)c2cccnc2)c(Br)c1. The molecule has 0 atom stereocenters. The Labute approximate surface area is 130 Å². The maximum absolute atomic E-state index is 12.1. The van der Waals surface area contributed by atoms with Crippen molar-refractivity contribution in [1.82, 2.24) is 4.98 Å². The fourth-order valence-electron chi connectivity index (χ4n) is 1.47. The quantitative estimate of drug-likeness (QED) is 0.813. The number of nitrogens with two attached hydrogens (primary N) is 1. The number of primary sulfonamides is 1. The van der Waals surface area contributed by atoms with Crippen LogP contribution in [-0.2, 0) is 20.0 Å². The summed E-state index contributed by atoms with van der Waals surface area (Å²) in [5.74, 6) is 0. The first kappa shape index (κ1) is 15.9. The molecule has 0 aliphatic carbocycles. The van der Waals surface area contributed by atoms with Gasteiger partial charge in [-0.05, 0) is 46.3 Å². The van der Waals surface area contributed by atoms with Crippen LogP contribution in [0.15, 0.2) is 57.0 Å². The Morgan fingerprint density at radius 2 is 1.81 bits per heavy atom. The van der Waals surface area contributed by atoms with Gasteiger partial charge in [-0.3, -0.25) is 9.71 Å². The smallest absolute Gasteiger partial charge is 0.263 e. The van der Waals surface area contributed by atoms with Gasteiger partial charge in [0, 0.05) is 16.9 Å². The van der Waals surface area contributed by atoms with Crippen molar-refractivity contribution in [3.05, 3.63) is 47.2 Å². The van der Waals surface area contributed by atoms with Gasteiger partial charge in [0.2, 0.25) is 10.0 Å². The summed E-state index contributed by atoms with van der Waals surface area (Å²) in [6.45, 7) is 0. The number of nitrogens with zero attached hydrogens (tertiary/aromatic N) is 1. The summed E-state index contributed by atoms with van der Waals surface area (Å²) in [5, 5.41) is 5.00. The maximum atomic E-state index is 12.1. The molecule has 2 rings (SSSR count). The van der Waals surface area contributed by atoms with Gasteiger partial charge in [0.25, 0.3) is 10.0 Å². The van der Waals surface area contributed by atoms with Crippen LogP contribution in [0.2, 0.25) is 0 Å². The number of hydrogen-bond acceptors (Lipinski definition) is 5. The summed E-state index contributed by atoms with van der Waals surface area (Å²) >= 11 is 3.10. The number of rotatable bonds is 4. The molecule has 112 valence electrons. The van der Waals surface area contributed by atoms with Crippen molar-refractivity contribution in [2.45, 2.75) is 9.79 Å². The fraction of sp³-hybridized carbons (Fsp3) is 0. The Morgan fingerprint density at radius 1 is 1.10 bits per heavy atom. The lowest BCUT2D eigenvalue weighted by atomic mass is 10.3. The molecule has 2 aromatic rings. The van der Waals surface area contributed by atoms with Crippen LogP contribution >= 0.6 is 15.9 Å². The third kappa shape index (κ3) is 3.79. The van der Waals surface area contributed by atoms with Crippen LogP contribution in [0.5, 0.6) is 0 Å². The van der Waals surface area contributed by atoms with E-state index in [-0.39, 0.29) is 20.0 Å². The van der Waals surface area contributed by atoms with Crippen LogP contribution in [0, 0.1) is 0 Å². The average Bonchev–Trinajstić information content (AvgIpc) is 2.41. The molecular formula is C11H10BrN3O4S2.